The highest BCUT2D eigenvalue weighted by Gasteiger charge is 2.02. The Kier molecular flexibility index (Phi) is 4.10. The first-order chi connectivity index (χ1) is 8.65. The number of aromatic nitrogens is 3. The molecule has 1 heterocycles. The lowest BCUT2D eigenvalue weighted by molar-refractivity contribution is 0.548. The molecule has 0 atom stereocenters. The van der Waals surface area contributed by atoms with E-state index >= 15 is 0 Å². The average molecular weight is 244 g/mol. The van der Waals surface area contributed by atoms with Crippen LogP contribution in [0.25, 0.3) is 5.69 Å². The van der Waals surface area contributed by atoms with Crippen LogP contribution in [0.4, 0.5) is 0 Å². The number of aryl methyl sites for hydroxylation is 1. The molecule has 1 N–H and O–H groups in total. The Labute approximate surface area is 108 Å². The van der Waals surface area contributed by atoms with Crippen molar-refractivity contribution in [2.24, 2.45) is 5.92 Å². The Hall–Kier alpha value is -1.68. The van der Waals surface area contributed by atoms with E-state index < -0.39 is 0 Å². The summed E-state index contributed by atoms with van der Waals surface area (Å²) in [4.78, 5) is 0. The first-order valence-corrected chi connectivity index (χ1v) is 6.34. The lowest BCUT2D eigenvalue weighted by Crippen LogP contribution is -2.19. The Morgan fingerprint density at radius 1 is 1.22 bits per heavy atom. The quantitative estimate of drug-likeness (QED) is 0.877. The molecule has 0 aliphatic rings. The highest BCUT2D eigenvalue weighted by Crippen LogP contribution is 2.08. The van der Waals surface area contributed by atoms with Gasteiger partial charge in [0, 0.05) is 6.54 Å². The largest absolute Gasteiger partial charge is 0.311 e. The summed E-state index contributed by atoms with van der Waals surface area (Å²) in [5.74, 6) is 0.650. The van der Waals surface area contributed by atoms with Crippen molar-refractivity contribution in [3.8, 4) is 5.69 Å². The first kappa shape index (κ1) is 12.8. The third kappa shape index (κ3) is 3.40. The molecule has 0 saturated carbocycles. The van der Waals surface area contributed by atoms with Crippen LogP contribution in [0.15, 0.2) is 30.5 Å². The zero-order valence-electron chi connectivity index (χ0n) is 11.2. The number of benzene rings is 1. The van der Waals surface area contributed by atoms with Gasteiger partial charge in [-0.05, 0) is 31.5 Å². The minimum atomic E-state index is 0.650. The minimum absolute atomic E-state index is 0.650. The van der Waals surface area contributed by atoms with Gasteiger partial charge in [0.1, 0.15) is 0 Å². The molecule has 1 aromatic carbocycles. The van der Waals surface area contributed by atoms with E-state index in [2.05, 4.69) is 60.7 Å². The van der Waals surface area contributed by atoms with Gasteiger partial charge < -0.3 is 5.32 Å². The topological polar surface area (TPSA) is 42.7 Å². The van der Waals surface area contributed by atoms with Gasteiger partial charge in [-0.1, -0.05) is 36.8 Å². The van der Waals surface area contributed by atoms with Gasteiger partial charge in [0.2, 0.25) is 0 Å². The molecule has 1 aromatic heterocycles. The monoisotopic (exact) mass is 244 g/mol. The summed E-state index contributed by atoms with van der Waals surface area (Å²) in [5, 5.41) is 11.7. The van der Waals surface area contributed by atoms with Crippen molar-refractivity contribution < 1.29 is 0 Å². The van der Waals surface area contributed by atoms with E-state index in [0.717, 1.165) is 24.5 Å². The fraction of sp³-hybridized carbons (Fsp3) is 0.429. The van der Waals surface area contributed by atoms with Crippen LogP contribution in [0.2, 0.25) is 0 Å². The molecule has 0 radical (unpaired) electrons. The normalized spacial score (nSPS) is 11.1. The maximum Gasteiger partial charge on any atom is 0.0969 e. The van der Waals surface area contributed by atoms with Gasteiger partial charge in [-0.2, -0.15) is 0 Å². The Bertz CT molecular complexity index is 485. The second-order valence-corrected chi connectivity index (χ2v) is 5.01. The predicted molar refractivity (Wildman–Crippen MR) is 72.6 cm³/mol. The van der Waals surface area contributed by atoms with Gasteiger partial charge in [0.25, 0.3) is 0 Å². The molecule has 0 bridgehead atoms. The van der Waals surface area contributed by atoms with Crippen LogP contribution in [-0.2, 0) is 6.54 Å². The fourth-order valence-corrected chi connectivity index (χ4v) is 1.69. The number of nitrogens with one attached hydrogen (secondary N) is 1. The first-order valence-electron chi connectivity index (χ1n) is 6.34. The molecule has 0 aliphatic heterocycles. The molecular weight excluding hydrogens is 224 g/mol. The van der Waals surface area contributed by atoms with E-state index in [-0.39, 0.29) is 0 Å². The van der Waals surface area contributed by atoms with E-state index in [9.17, 15) is 0 Å². The van der Waals surface area contributed by atoms with Gasteiger partial charge in [-0.3, -0.25) is 0 Å². The van der Waals surface area contributed by atoms with Crippen LogP contribution >= 0.6 is 0 Å². The second-order valence-electron chi connectivity index (χ2n) is 5.01. The van der Waals surface area contributed by atoms with Crippen LogP contribution in [0.5, 0.6) is 0 Å². The van der Waals surface area contributed by atoms with Crippen LogP contribution in [0.1, 0.15) is 25.1 Å². The number of rotatable bonds is 5. The third-order valence-electron chi connectivity index (χ3n) is 2.70. The van der Waals surface area contributed by atoms with Crippen molar-refractivity contribution in [3.63, 3.8) is 0 Å². The zero-order chi connectivity index (χ0) is 13.0. The van der Waals surface area contributed by atoms with E-state index in [1.54, 1.807) is 0 Å². The number of hydrogen-bond acceptors (Lipinski definition) is 3. The van der Waals surface area contributed by atoms with Gasteiger partial charge >= 0.3 is 0 Å². The van der Waals surface area contributed by atoms with Gasteiger partial charge in [0.05, 0.1) is 17.6 Å². The minimum Gasteiger partial charge on any atom is -0.311 e. The second kappa shape index (κ2) is 5.78. The predicted octanol–water partition coefficient (Wildman–Crippen LogP) is 2.32. The molecule has 0 amide bonds. The van der Waals surface area contributed by atoms with Crippen molar-refractivity contribution in [2.45, 2.75) is 27.3 Å². The van der Waals surface area contributed by atoms with E-state index in [1.165, 1.54) is 5.56 Å². The van der Waals surface area contributed by atoms with Gasteiger partial charge in [-0.25, -0.2) is 4.68 Å². The summed E-state index contributed by atoms with van der Waals surface area (Å²) < 4.78 is 1.81. The summed E-state index contributed by atoms with van der Waals surface area (Å²) >= 11 is 0. The summed E-state index contributed by atoms with van der Waals surface area (Å²) in [6.07, 6.45) is 1.97. The summed E-state index contributed by atoms with van der Waals surface area (Å²) in [5.41, 5.74) is 3.26. The van der Waals surface area contributed by atoms with Gasteiger partial charge in [0.15, 0.2) is 0 Å². The highest BCUT2D eigenvalue weighted by molar-refractivity contribution is 5.33. The fourth-order valence-electron chi connectivity index (χ4n) is 1.69. The van der Waals surface area contributed by atoms with E-state index in [4.69, 9.17) is 0 Å². The lowest BCUT2D eigenvalue weighted by atomic mass is 10.2. The smallest absolute Gasteiger partial charge is 0.0969 e. The maximum atomic E-state index is 4.16. The van der Waals surface area contributed by atoms with E-state index in [1.807, 2.05) is 10.9 Å². The Morgan fingerprint density at radius 3 is 2.61 bits per heavy atom. The third-order valence-corrected chi connectivity index (χ3v) is 2.70. The number of hydrogen-bond donors (Lipinski definition) is 1. The molecule has 0 unspecified atom stereocenters. The van der Waals surface area contributed by atoms with Crippen molar-refractivity contribution >= 4 is 0 Å². The molecule has 0 saturated heterocycles. The molecule has 0 fully saturated rings. The summed E-state index contributed by atoms with van der Waals surface area (Å²) in [7, 11) is 0. The molecule has 4 heteroatoms. The maximum absolute atomic E-state index is 4.16. The van der Waals surface area contributed by atoms with E-state index in [0.29, 0.717) is 5.92 Å². The standard InChI is InChI=1S/C14H20N4/c1-11(2)8-15-9-13-10-18(17-16-13)14-6-4-12(3)5-7-14/h4-7,10-11,15H,8-9H2,1-3H3. The van der Waals surface area contributed by atoms with Crippen molar-refractivity contribution in [1.29, 1.82) is 0 Å². The SMILES string of the molecule is Cc1ccc(-n2cc(CNCC(C)C)nn2)cc1. The van der Waals surface area contributed by atoms with Crippen LogP contribution in [0.3, 0.4) is 0 Å². The lowest BCUT2D eigenvalue weighted by Gasteiger charge is -2.04. The van der Waals surface area contributed by atoms with Crippen molar-refractivity contribution in [1.82, 2.24) is 20.3 Å². The Morgan fingerprint density at radius 2 is 1.94 bits per heavy atom. The molecule has 18 heavy (non-hydrogen) atoms. The van der Waals surface area contributed by atoms with Crippen molar-refractivity contribution in [2.75, 3.05) is 6.54 Å². The van der Waals surface area contributed by atoms with Crippen LogP contribution in [-0.4, -0.2) is 21.5 Å². The average Bonchev–Trinajstić information content (AvgIpc) is 2.78. The number of nitrogens with zero attached hydrogens (tertiary/aromatic N) is 3. The van der Waals surface area contributed by atoms with Crippen LogP contribution < -0.4 is 5.32 Å². The highest BCUT2D eigenvalue weighted by atomic mass is 15.4. The molecule has 4 nitrogen and oxygen atoms in total. The summed E-state index contributed by atoms with van der Waals surface area (Å²) in [6.45, 7) is 8.22. The Balaban J connectivity index is 1.99. The molecule has 0 spiro atoms. The molecule has 2 aromatic rings. The zero-order valence-corrected chi connectivity index (χ0v) is 11.2. The summed E-state index contributed by atoms with van der Waals surface area (Å²) in [6, 6.07) is 8.26. The van der Waals surface area contributed by atoms with Crippen LogP contribution in [0, 0.1) is 12.8 Å². The molecule has 0 aliphatic carbocycles. The molecule has 96 valence electrons. The van der Waals surface area contributed by atoms with Crippen molar-refractivity contribution in [3.05, 3.63) is 41.7 Å². The molecular formula is C14H20N4. The van der Waals surface area contributed by atoms with Gasteiger partial charge in [-0.15, -0.1) is 5.10 Å². The molecule has 2 rings (SSSR count).